The molecule has 0 saturated heterocycles. The molecule has 2 heterocycles. The molecule has 0 spiro atoms. The number of hydrogen-bond donors (Lipinski definition) is 2. The number of esters is 1. The smallest absolute Gasteiger partial charge is 0.338 e. The fourth-order valence-corrected chi connectivity index (χ4v) is 2.63. The van der Waals surface area contributed by atoms with E-state index in [-0.39, 0.29) is 5.75 Å². The first-order valence-electron chi connectivity index (χ1n) is 7.83. The number of hydrogen-bond acceptors (Lipinski definition) is 7. The number of aromatic nitrogens is 4. The van der Waals surface area contributed by atoms with Crippen molar-refractivity contribution in [2.45, 2.75) is 32.7 Å². The van der Waals surface area contributed by atoms with Crippen molar-refractivity contribution < 1.29 is 14.6 Å². The lowest BCUT2D eigenvalue weighted by Gasteiger charge is -2.27. The molecule has 0 radical (unpaired) electrons. The van der Waals surface area contributed by atoms with E-state index in [0.717, 1.165) is 18.4 Å². The summed E-state index contributed by atoms with van der Waals surface area (Å²) in [5, 5.41) is 24.1. The molecule has 1 aliphatic heterocycles. The van der Waals surface area contributed by atoms with Gasteiger partial charge in [-0.3, -0.25) is 0 Å². The predicted octanol–water partition coefficient (Wildman–Crippen LogP) is 2.01. The summed E-state index contributed by atoms with van der Waals surface area (Å²) in [5.74, 6) is 0.209. The molecule has 24 heavy (non-hydrogen) atoms. The molecule has 1 aromatic heterocycles. The number of fused-ring (bicyclic) bond motifs is 1. The van der Waals surface area contributed by atoms with Gasteiger partial charge in [-0.05, 0) is 41.5 Å². The molecule has 0 amide bonds. The lowest BCUT2D eigenvalue weighted by molar-refractivity contribution is -0.139. The van der Waals surface area contributed by atoms with Gasteiger partial charge < -0.3 is 15.2 Å². The molecule has 8 nitrogen and oxygen atoms in total. The van der Waals surface area contributed by atoms with Gasteiger partial charge in [-0.15, -0.1) is 0 Å². The van der Waals surface area contributed by atoms with E-state index in [1.807, 2.05) is 6.92 Å². The number of carbonyl (C=O) groups is 1. The van der Waals surface area contributed by atoms with Gasteiger partial charge in [0.05, 0.1) is 12.2 Å². The SMILES string of the molecule is CCCCOC(=O)C1=C(C)Nc2nnnn2[C@@H]1c1ccc(O)cc1. The van der Waals surface area contributed by atoms with Gasteiger partial charge >= 0.3 is 5.97 Å². The van der Waals surface area contributed by atoms with Gasteiger partial charge in [-0.2, -0.15) is 4.68 Å². The van der Waals surface area contributed by atoms with E-state index in [9.17, 15) is 9.90 Å². The van der Waals surface area contributed by atoms with Crippen molar-refractivity contribution in [2.24, 2.45) is 0 Å². The standard InChI is InChI=1S/C16H19N5O3/c1-3-4-9-24-15(23)13-10(2)17-16-18-19-20-21(16)14(13)11-5-7-12(22)8-6-11/h5-8,14,22H,3-4,9H2,1-2H3,(H,17,18,20)/t14-/m1/s1. The van der Waals surface area contributed by atoms with Crippen LogP contribution in [0.5, 0.6) is 5.75 Å². The van der Waals surface area contributed by atoms with Crippen LogP contribution in [0.1, 0.15) is 38.3 Å². The third-order valence-corrected chi connectivity index (χ3v) is 3.87. The minimum atomic E-state index is -0.508. The molecule has 126 valence electrons. The molecule has 0 unspecified atom stereocenters. The largest absolute Gasteiger partial charge is 0.508 e. The van der Waals surface area contributed by atoms with Crippen LogP contribution < -0.4 is 5.32 Å². The van der Waals surface area contributed by atoms with Crippen molar-refractivity contribution in [3.8, 4) is 5.75 Å². The Hall–Kier alpha value is -2.90. The van der Waals surface area contributed by atoms with Crippen molar-refractivity contribution in [3.05, 3.63) is 41.1 Å². The zero-order valence-corrected chi connectivity index (χ0v) is 13.6. The number of phenols is 1. The second kappa shape index (κ2) is 6.69. The Kier molecular flexibility index (Phi) is 4.45. The molecule has 0 aliphatic carbocycles. The van der Waals surface area contributed by atoms with Crippen LogP contribution in [-0.2, 0) is 9.53 Å². The van der Waals surface area contributed by atoms with E-state index < -0.39 is 12.0 Å². The molecule has 3 rings (SSSR count). The summed E-state index contributed by atoms with van der Waals surface area (Å²) in [6.07, 6.45) is 1.76. The summed E-state index contributed by atoms with van der Waals surface area (Å²) in [4.78, 5) is 12.6. The van der Waals surface area contributed by atoms with Crippen LogP contribution in [-0.4, -0.2) is 37.9 Å². The third kappa shape index (κ3) is 2.94. The normalized spacial score (nSPS) is 16.5. The molecular weight excluding hydrogens is 310 g/mol. The third-order valence-electron chi connectivity index (χ3n) is 3.87. The van der Waals surface area contributed by atoms with Gasteiger partial charge in [0.2, 0.25) is 5.95 Å². The second-order valence-electron chi connectivity index (χ2n) is 5.59. The number of aromatic hydroxyl groups is 1. The first-order chi connectivity index (χ1) is 11.6. The van der Waals surface area contributed by atoms with E-state index in [1.54, 1.807) is 31.2 Å². The van der Waals surface area contributed by atoms with Crippen LogP contribution >= 0.6 is 0 Å². The number of unbranched alkanes of at least 4 members (excludes halogenated alkanes) is 1. The fourth-order valence-electron chi connectivity index (χ4n) is 2.63. The van der Waals surface area contributed by atoms with Gasteiger partial charge in [0.25, 0.3) is 0 Å². The molecule has 0 saturated carbocycles. The number of tetrazole rings is 1. The number of carbonyl (C=O) groups excluding carboxylic acids is 1. The molecule has 0 fully saturated rings. The first kappa shape index (κ1) is 16.0. The van der Waals surface area contributed by atoms with Gasteiger partial charge in [-0.1, -0.05) is 30.6 Å². The maximum Gasteiger partial charge on any atom is 0.338 e. The number of benzene rings is 1. The van der Waals surface area contributed by atoms with Crippen LogP contribution in [0.25, 0.3) is 0 Å². The Morgan fingerprint density at radius 2 is 2.12 bits per heavy atom. The number of nitrogens with zero attached hydrogens (tertiary/aromatic N) is 4. The van der Waals surface area contributed by atoms with E-state index >= 15 is 0 Å². The number of ether oxygens (including phenoxy) is 1. The zero-order chi connectivity index (χ0) is 17.1. The molecular formula is C16H19N5O3. The highest BCUT2D eigenvalue weighted by Crippen LogP contribution is 2.35. The lowest BCUT2D eigenvalue weighted by atomic mass is 9.96. The average molecular weight is 329 g/mol. The highest BCUT2D eigenvalue weighted by molar-refractivity contribution is 5.92. The highest BCUT2D eigenvalue weighted by atomic mass is 16.5. The van der Waals surface area contributed by atoms with E-state index in [0.29, 0.717) is 23.8 Å². The van der Waals surface area contributed by atoms with Crippen molar-refractivity contribution in [2.75, 3.05) is 11.9 Å². The van der Waals surface area contributed by atoms with Crippen LogP contribution in [0.2, 0.25) is 0 Å². The van der Waals surface area contributed by atoms with Crippen molar-refractivity contribution in [3.63, 3.8) is 0 Å². The number of nitrogens with one attached hydrogen (secondary N) is 1. The summed E-state index contributed by atoms with van der Waals surface area (Å²) >= 11 is 0. The van der Waals surface area contributed by atoms with Gasteiger partial charge in [-0.25, -0.2) is 4.79 Å². The molecule has 1 aromatic carbocycles. The Morgan fingerprint density at radius 3 is 2.83 bits per heavy atom. The van der Waals surface area contributed by atoms with Crippen molar-refractivity contribution in [1.82, 2.24) is 20.2 Å². The summed E-state index contributed by atoms with van der Waals surface area (Å²) in [6.45, 7) is 4.20. The fraction of sp³-hybridized carbons (Fsp3) is 0.375. The molecule has 1 atom stereocenters. The average Bonchev–Trinajstić information content (AvgIpc) is 3.02. The van der Waals surface area contributed by atoms with Crippen molar-refractivity contribution >= 4 is 11.9 Å². The lowest BCUT2D eigenvalue weighted by Crippen LogP contribution is -2.29. The number of phenolic OH excluding ortho intramolecular Hbond substituents is 1. The van der Waals surface area contributed by atoms with Crippen molar-refractivity contribution in [1.29, 1.82) is 0 Å². The van der Waals surface area contributed by atoms with Crippen LogP contribution in [0.3, 0.4) is 0 Å². The zero-order valence-electron chi connectivity index (χ0n) is 13.6. The van der Waals surface area contributed by atoms with Crippen LogP contribution in [0, 0.1) is 0 Å². The molecule has 2 N–H and O–H groups in total. The predicted molar refractivity (Wildman–Crippen MR) is 86.3 cm³/mol. The number of rotatable bonds is 5. The number of anilines is 1. The molecule has 8 heteroatoms. The van der Waals surface area contributed by atoms with Crippen LogP contribution in [0.4, 0.5) is 5.95 Å². The quantitative estimate of drug-likeness (QED) is 0.639. The van der Waals surface area contributed by atoms with Gasteiger partial charge in [0, 0.05) is 5.70 Å². The molecule has 2 aromatic rings. The monoisotopic (exact) mass is 329 g/mol. The maximum atomic E-state index is 12.6. The minimum Gasteiger partial charge on any atom is -0.508 e. The topological polar surface area (TPSA) is 102 Å². The maximum absolute atomic E-state index is 12.6. The Morgan fingerprint density at radius 1 is 1.38 bits per heavy atom. The highest BCUT2D eigenvalue weighted by Gasteiger charge is 2.34. The Balaban J connectivity index is 2.00. The molecule has 0 bridgehead atoms. The van der Waals surface area contributed by atoms with E-state index in [1.165, 1.54) is 4.68 Å². The minimum absolute atomic E-state index is 0.150. The van der Waals surface area contributed by atoms with E-state index in [2.05, 4.69) is 20.8 Å². The van der Waals surface area contributed by atoms with E-state index in [4.69, 9.17) is 4.74 Å². The summed E-state index contributed by atoms with van der Waals surface area (Å²) < 4.78 is 6.93. The Bertz CT molecular complexity index is 766. The summed E-state index contributed by atoms with van der Waals surface area (Å²) in [7, 11) is 0. The first-order valence-corrected chi connectivity index (χ1v) is 7.83. The second-order valence-corrected chi connectivity index (χ2v) is 5.59. The van der Waals surface area contributed by atoms with Gasteiger partial charge in [0.1, 0.15) is 11.8 Å². The number of allylic oxidation sites excluding steroid dienone is 1. The molecule has 1 aliphatic rings. The van der Waals surface area contributed by atoms with Gasteiger partial charge in [0.15, 0.2) is 0 Å². The van der Waals surface area contributed by atoms with Crippen LogP contribution in [0.15, 0.2) is 35.5 Å². The summed E-state index contributed by atoms with van der Waals surface area (Å²) in [6, 6.07) is 6.10. The Labute approximate surface area is 139 Å². The summed E-state index contributed by atoms with van der Waals surface area (Å²) in [5.41, 5.74) is 1.89.